The largest absolute Gasteiger partial charge is 0.379 e. The van der Waals surface area contributed by atoms with Gasteiger partial charge in [-0.05, 0) is 0 Å². The molecule has 0 rings (SSSR count). The molecule has 1 atom stereocenters. The van der Waals surface area contributed by atoms with Crippen molar-refractivity contribution in [3.8, 4) is 0 Å². The zero-order chi connectivity index (χ0) is 6.41. The smallest absolute Gasteiger partial charge is 0.200 e. The van der Waals surface area contributed by atoms with E-state index in [2.05, 4.69) is 14.3 Å². The van der Waals surface area contributed by atoms with Crippen LogP contribution in [0, 0.1) is 0 Å². The highest BCUT2D eigenvalue weighted by Crippen LogP contribution is 1.86. The first kappa shape index (κ1) is 7.84. The zero-order valence-corrected chi connectivity index (χ0v) is 5.09. The van der Waals surface area contributed by atoms with Crippen molar-refractivity contribution in [3.05, 3.63) is 0 Å². The van der Waals surface area contributed by atoms with Gasteiger partial charge in [0.15, 0.2) is 6.29 Å². The van der Waals surface area contributed by atoms with Crippen LogP contribution < -0.4 is 5.90 Å². The number of methoxy groups -OCH3 is 2. The van der Waals surface area contributed by atoms with Crippen LogP contribution in [0.2, 0.25) is 0 Å². The van der Waals surface area contributed by atoms with E-state index in [0.717, 1.165) is 0 Å². The van der Waals surface area contributed by atoms with Crippen molar-refractivity contribution in [2.75, 3.05) is 20.8 Å². The summed E-state index contributed by atoms with van der Waals surface area (Å²) in [7, 11) is 3.04. The van der Waals surface area contributed by atoms with Crippen LogP contribution in [0.4, 0.5) is 0 Å². The Bertz CT molecular complexity index is 46.5. The van der Waals surface area contributed by atoms with Gasteiger partial charge in [-0.25, -0.2) is 5.90 Å². The molecule has 0 aliphatic heterocycles. The fourth-order valence-corrected chi connectivity index (χ4v) is 0.299. The maximum Gasteiger partial charge on any atom is 0.200 e. The van der Waals surface area contributed by atoms with Crippen LogP contribution in [-0.2, 0) is 14.3 Å². The minimum absolute atomic E-state index is 0.354. The van der Waals surface area contributed by atoms with E-state index >= 15 is 0 Å². The van der Waals surface area contributed by atoms with Crippen molar-refractivity contribution in [3.63, 3.8) is 0 Å². The Morgan fingerprint density at radius 3 is 2.25 bits per heavy atom. The van der Waals surface area contributed by atoms with Crippen LogP contribution >= 0.6 is 0 Å². The molecule has 4 heteroatoms. The Hall–Kier alpha value is -0.160. The molecule has 4 nitrogen and oxygen atoms in total. The fourth-order valence-electron chi connectivity index (χ4n) is 0.299. The third-order valence-electron chi connectivity index (χ3n) is 0.717. The monoisotopic (exact) mass is 121 g/mol. The van der Waals surface area contributed by atoms with Crippen molar-refractivity contribution in [1.29, 1.82) is 0 Å². The Morgan fingerprint density at radius 2 is 2.12 bits per heavy atom. The highest BCUT2D eigenvalue weighted by molar-refractivity contribution is 4.33. The van der Waals surface area contributed by atoms with E-state index in [4.69, 9.17) is 5.90 Å². The molecule has 0 bridgehead atoms. The van der Waals surface area contributed by atoms with Crippen molar-refractivity contribution >= 4 is 0 Å². The van der Waals surface area contributed by atoms with E-state index in [1.165, 1.54) is 7.11 Å². The summed E-state index contributed by atoms with van der Waals surface area (Å²) in [5.74, 6) is 4.76. The van der Waals surface area contributed by atoms with Gasteiger partial charge in [0.05, 0.1) is 6.61 Å². The second-order valence-electron chi connectivity index (χ2n) is 1.26. The van der Waals surface area contributed by atoms with Gasteiger partial charge in [0.2, 0.25) is 0 Å². The summed E-state index contributed by atoms with van der Waals surface area (Å²) in [4.78, 5) is 4.29. The average Bonchev–Trinajstić information content (AvgIpc) is 1.83. The maximum atomic E-state index is 4.76. The minimum atomic E-state index is -0.444. The predicted molar refractivity (Wildman–Crippen MR) is 27.9 cm³/mol. The lowest BCUT2D eigenvalue weighted by atomic mass is 10.7. The molecule has 0 spiro atoms. The van der Waals surface area contributed by atoms with Gasteiger partial charge in [0, 0.05) is 14.2 Å². The highest BCUT2D eigenvalue weighted by atomic mass is 16.8. The van der Waals surface area contributed by atoms with Crippen LogP contribution in [0.5, 0.6) is 0 Å². The van der Waals surface area contributed by atoms with Crippen LogP contribution in [0.1, 0.15) is 0 Å². The number of rotatable bonds is 4. The lowest BCUT2D eigenvalue weighted by Gasteiger charge is -2.09. The van der Waals surface area contributed by atoms with Crippen molar-refractivity contribution in [1.82, 2.24) is 0 Å². The summed E-state index contributed by atoms with van der Waals surface area (Å²) in [6.07, 6.45) is -0.444. The first-order valence-corrected chi connectivity index (χ1v) is 2.22. The summed E-state index contributed by atoms with van der Waals surface area (Å²) in [6, 6.07) is 0. The summed E-state index contributed by atoms with van der Waals surface area (Å²) in [6.45, 7) is 0.354. The van der Waals surface area contributed by atoms with Crippen LogP contribution in [0.15, 0.2) is 0 Å². The molecule has 1 unspecified atom stereocenters. The lowest BCUT2D eigenvalue weighted by molar-refractivity contribution is -0.154. The number of hydrogen-bond acceptors (Lipinski definition) is 4. The molecule has 0 aromatic rings. The molecule has 0 saturated carbocycles. The molecule has 0 radical (unpaired) electrons. The molecule has 0 amide bonds. The van der Waals surface area contributed by atoms with Gasteiger partial charge in [0.1, 0.15) is 0 Å². The van der Waals surface area contributed by atoms with E-state index in [0.29, 0.717) is 6.61 Å². The predicted octanol–water partition coefficient (Wildman–Crippen LogP) is -0.504. The fraction of sp³-hybridized carbons (Fsp3) is 1.00. The van der Waals surface area contributed by atoms with Gasteiger partial charge in [-0.2, -0.15) is 0 Å². The second kappa shape index (κ2) is 4.99. The van der Waals surface area contributed by atoms with E-state index in [1.54, 1.807) is 7.11 Å². The zero-order valence-electron chi connectivity index (χ0n) is 5.09. The number of nitrogens with two attached hydrogens (primary N) is 1. The third-order valence-corrected chi connectivity index (χ3v) is 0.717. The second-order valence-corrected chi connectivity index (χ2v) is 1.26. The topological polar surface area (TPSA) is 53.7 Å². The molecule has 50 valence electrons. The van der Waals surface area contributed by atoms with Crippen molar-refractivity contribution in [2.45, 2.75) is 6.29 Å². The summed E-state index contributed by atoms with van der Waals surface area (Å²) in [5, 5.41) is 0. The normalized spacial score (nSPS) is 13.9. The van der Waals surface area contributed by atoms with Gasteiger partial charge in [-0.3, -0.25) is 4.84 Å². The van der Waals surface area contributed by atoms with Gasteiger partial charge in [-0.1, -0.05) is 0 Å². The standard InChI is InChI=1S/C4H11NO3/c1-6-3-4(7-2)8-5/h4H,3,5H2,1-2H3. The Kier molecular flexibility index (Phi) is 4.89. The summed E-state index contributed by atoms with van der Waals surface area (Å²) >= 11 is 0. The highest BCUT2D eigenvalue weighted by Gasteiger charge is 2.01. The van der Waals surface area contributed by atoms with Crippen LogP contribution in [-0.4, -0.2) is 27.1 Å². The van der Waals surface area contributed by atoms with E-state index in [9.17, 15) is 0 Å². The van der Waals surface area contributed by atoms with Gasteiger partial charge in [-0.15, -0.1) is 0 Å². The molecule has 0 fully saturated rings. The van der Waals surface area contributed by atoms with Crippen molar-refractivity contribution in [2.24, 2.45) is 5.90 Å². The third kappa shape index (κ3) is 2.92. The van der Waals surface area contributed by atoms with E-state index < -0.39 is 6.29 Å². The number of hydrogen-bond donors (Lipinski definition) is 1. The van der Waals surface area contributed by atoms with E-state index in [-0.39, 0.29) is 0 Å². The lowest BCUT2D eigenvalue weighted by Crippen LogP contribution is -2.24. The first-order valence-electron chi connectivity index (χ1n) is 2.22. The van der Waals surface area contributed by atoms with Gasteiger partial charge in [0.25, 0.3) is 0 Å². The molecular weight excluding hydrogens is 110 g/mol. The van der Waals surface area contributed by atoms with Crippen molar-refractivity contribution < 1.29 is 14.3 Å². The Labute approximate surface area is 48.5 Å². The van der Waals surface area contributed by atoms with Gasteiger partial charge >= 0.3 is 0 Å². The van der Waals surface area contributed by atoms with Gasteiger partial charge < -0.3 is 9.47 Å². The Morgan fingerprint density at radius 1 is 1.50 bits per heavy atom. The molecule has 8 heavy (non-hydrogen) atoms. The first-order chi connectivity index (χ1) is 3.85. The summed E-state index contributed by atoms with van der Waals surface area (Å²) in [5.41, 5.74) is 0. The molecule has 0 aliphatic rings. The molecular formula is C4H11NO3. The number of ether oxygens (including phenoxy) is 2. The maximum absolute atomic E-state index is 4.76. The molecule has 2 N–H and O–H groups in total. The molecule has 0 aromatic heterocycles. The summed E-state index contributed by atoms with van der Waals surface area (Å²) < 4.78 is 9.32. The van der Waals surface area contributed by atoms with Crippen LogP contribution in [0.3, 0.4) is 0 Å². The quantitative estimate of drug-likeness (QED) is 0.402. The van der Waals surface area contributed by atoms with Crippen LogP contribution in [0.25, 0.3) is 0 Å². The Balaban J connectivity index is 3.07. The molecule has 0 heterocycles. The molecule has 0 saturated heterocycles. The van der Waals surface area contributed by atoms with E-state index in [1.807, 2.05) is 0 Å². The SMILES string of the molecule is COCC(OC)ON. The average molecular weight is 121 g/mol. The molecule has 0 aliphatic carbocycles. The molecule has 0 aromatic carbocycles. The minimum Gasteiger partial charge on any atom is -0.379 e.